The first kappa shape index (κ1) is 20.8. The highest BCUT2D eigenvalue weighted by atomic mass is 19.4. The van der Waals surface area contributed by atoms with Crippen molar-refractivity contribution in [3.05, 3.63) is 58.5 Å². The fourth-order valence-electron chi connectivity index (χ4n) is 3.65. The second-order valence-corrected chi connectivity index (χ2v) is 7.46. The molecule has 3 heterocycles. The van der Waals surface area contributed by atoms with Crippen LogP contribution in [0.2, 0.25) is 0 Å². The van der Waals surface area contributed by atoms with E-state index in [-0.39, 0.29) is 12.2 Å². The van der Waals surface area contributed by atoms with Gasteiger partial charge in [-0.05, 0) is 44.5 Å². The summed E-state index contributed by atoms with van der Waals surface area (Å²) in [5, 5.41) is 16.5. The molecule has 0 saturated carbocycles. The first-order valence-electron chi connectivity index (χ1n) is 9.71. The highest BCUT2D eigenvalue weighted by molar-refractivity contribution is 5.62. The van der Waals surface area contributed by atoms with Gasteiger partial charge in [-0.25, -0.2) is 9.67 Å². The molecule has 160 valence electrons. The molecular weight excluding hydrogens is 407 g/mol. The van der Waals surface area contributed by atoms with Crippen LogP contribution in [0.25, 0.3) is 5.95 Å². The lowest BCUT2D eigenvalue weighted by atomic mass is 10.1. The monoisotopic (exact) mass is 427 g/mol. The number of nitriles is 1. The van der Waals surface area contributed by atoms with Crippen molar-refractivity contribution in [1.82, 2.24) is 24.6 Å². The van der Waals surface area contributed by atoms with Gasteiger partial charge < -0.3 is 5.32 Å². The second kappa shape index (κ2) is 8.00. The van der Waals surface area contributed by atoms with Crippen molar-refractivity contribution in [2.45, 2.75) is 33.0 Å². The van der Waals surface area contributed by atoms with E-state index in [1.54, 1.807) is 10.7 Å². The van der Waals surface area contributed by atoms with E-state index in [0.717, 1.165) is 34.8 Å². The number of benzene rings is 1. The molecule has 1 aliphatic rings. The molecule has 31 heavy (non-hydrogen) atoms. The number of alkyl halides is 3. The van der Waals surface area contributed by atoms with Crippen molar-refractivity contribution in [3.8, 4) is 12.0 Å². The number of anilines is 2. The minimum atomic E-state index is -4.44. The van der Waals surface area contributed by atoms with Crippen molar-refractivity contribution in [2.75, 3.05) is 18.4 Å². The van der Waals surface area contributed by atoms with E-state index < -0.39 is 11.7 Å². The molecule has 0 aliphatic carbocycles. The van der Waals surface area contributed by atoms with E-state index in [0.29, 0.717) is 31.3 Å². The normalized spacial score (nSPS) is 14.2. The number of aromatic nitrogens is 4. The summed E-state index contributed by atoms with van der Waals surface area (Å²) in [5.41, 5.74) is 2.75. The van der Waals surface area contributed by atoms with E-state index in [2.05, 4.69) is 26.5 Å². The molecule has 0 saturated heterocycles. The van der Waals surface area contributed by atoms with Crippen LogP contribution in [0.3, 0.4) is 0 Å². The van der Waals surface area contributed by atoms with Crippen molar-refractivity contribution in [3.63, 3.8) is 0 Å². The van der Waals surface area contributed by atoms with Crippen LogP contribution in [0.1, 0.15) is 28.2 Å². The molecule has 7 nitrogen and oxygen atoms in total. The van der Waals surface area contributed by atoms with Gasteiger partial charge in [0.15, 0.2) is 0 Å². The Balaban J connectivity index is 1.78. The Labute approximate surface area is 177 Å². The first-order valence-corrected chi connectivity index (χ1v) is 9.71. The molecule has 0 fully saturated rings. The third-order valence-corrected chi connectivity index (χ3v) is 5.08. The van der Waals surface area contributed by atoms with Gasteiger partial charge in [0.2, 0.25) is 0 Å². The third-order valence-electron chi connectivity index (χ3n) is 5.08. The zero-order chi connectivity index (χ0) is 22.2. The molecule has 3 aromatic rings. The van der Waals surface area contributed by atoms with Gasteiger partial charge in [0.05, 0.1) is 29.6 Å². The first-order chi connectivity index (χ1) is 14.7. The Kier molecular flexibility index (Phi) is 5.37. The lowest BCUT2D eigenvalue weighted by Crippen LogP contribution is -2.32. The summed E-state index contributed by atoms with van der Waals surface area (Å²) in [5.74, 6) is 0.779. The maximum atomic E-state index is 13.1. The summed E-state index contributed by atoms with van der Waals surface area (Å²) < 4.78 is 41.0. The summed E-state index contributed by atoms with van der Waals surface area (Å²) in [7, 11) is 0. The highest BCUT2D eigenvalue weighted by Crippen LogP contribution is 2.32. The summed E-state index contributed by atoms with van der Waals surface area (Å²) >= 11 is 0. The standard InChI is InChI=1S/C21H20F3N7/c1-13-10-14(2)31(29-13)20-27-18-12-30(9-7-25)8-6-17(18)19(28-20)26-16-5-3-4-15(11-16)21(22,23)24/h3-5,10-11H,6,8-9,12H2,1-2H3,(H,26,27,28). The largest absolute Gasteiger partial charge is 0.416 e. The summed E-state index contributed by atoms with van der Waals surface area (Å²) in [4.78, 5) is 11.2. The zero-order valence-electron chi connectivity index (χ0n) is 17.0. The molecule has 0 radical (unpaired) electrons. The molecule has 4 rings (SSSR count). The molecule has 0 unspecified atom stereocenters. The van der Waals surface area contributed by atoms with Crippen molar-refractivity contribution >= 4 is 11.5 Å². The van der Waals surface area contributed by atoms with Crippen LogP contribution in [-0.2, 0) is 19.1 Å². The number of nitrogens with one attached hydrogen (secondary N) is 1. The van der Waals surface area contributed by atoms with E-state index in [1.165, 1.54) is 6.07 Å². The molecule has 0 atom stereocenters. The molecule has 1 aliphatic heterocycles. The van der Waals surface area contributed by atoms with Gasteiger partial charge in [-0.1, -0.05) is 6.07 Å². The number of halogens is 3. The molecule has 0 spiro atoms. The SMILES string of the molecule is Cc1cc(C)n(-c2nc3c(c(Nc4cccc(C(F)(F)F)c4)n2)CCN(CC#N)C3)n1. The van der Waals surface area contributed by atoms with Crippen LogP contribution in [0, 0.1) is 25.2 Å². The van der Waals surface area contributed by atoms with Gasteiger partial charge in [0.1, 0.15) is 5.82 Å². The Morgan fingerprint density at radius 3 is 2.68 bits per heavy atom. The molecule has 10 heteroatoms. The number of hydrogen-bond acceptors (Lipinski definition) is 6. The van der Waals surface area contributed by atoms with Crippen molar-refractivity contribution in [2.24, 2.45) is 0 Å². The Morgan fingerprint density at radius 1 is 1.19 bits per heavy atom. The molecule has 0 amide bonds. The van der Waals surface area contributed by atoms with Crippen LogP contribution in [-0.4, -0.2) is 37.7 Å². The Morgan fingerprint density at radius 2 is 2.00 bits per heavy atom. The fraction of sp³-hybridized carbons (Fsp3) is 0.333. The second-order valence-electron chi connectivity index (χ2n) is 7.46. The van der Waals surface area contributed by atoms with Crippen molar-refractivity contribution < 1.29 is 13.2 Å². The average Bonchev–Trinajstić information content (AvgIpc) is 3.05. The molecule has 1 N–H and O–H groups in total. The van der Waals surface area contributed by atoms with E-state index in [4.69, 9.17) is 5.26 Å². The smallest absolute Gasteiger partial charge is 0.340 e. The molecule has 0 bridgehead atoms. The third kappa shape index (κ3) is 4.36. The van der Waals surface area contributed by atoms with Crippen LogP contribution < -0.4 is 5.32 Å². The van der Waals surface area contributed by atoms with E-state index in [1.807, 2.05) is 24.8 Å². The average molecular weight is 427 g/mol. The van der Waals surface area contributed by atoms with Gasteiger partial charge in [0.25, 0.3) is 5.95 Å². The summed E-state index contributed by atoms with van der Waals surface area (Å²) in [6, 6.07) is 9.05. The molecule has 2 aromatic heterocycles. The van der Waals surface area contributed by atoms with Gasteiger partial charge in [0, 0.05) is 30.0 Å². The van der Waals surface area contributed by atoms with Crippen LogP contribution in [0.4, 0.5) is 24.7 Å². The predicted octanol–water partition coefficient (Wildman–Crippen LogP) is 3.92. The maximum Gasteiger partial charge on any atom is 0.416 e. The topological polar surface area (TPSA) is 82.7 Å². The Bertz CT molecular complexity index is 1160. The minimum absolute atomic E-state index is 0.273. The van der Waals surface area contributed by atoms with E-state index in [9.17, 15) is 13.2 Å². The van der Waals surface area contributed by atoms with Gasteiger partial charge in [-0.3, -0.25) is 4.90 Å². The van der Waals surface area contributed by atoms with Gasteiger partial charge >= 0.3 is 6.18 Å². The summed E-state index contributed by atoms with van der Waals surface area (Å²) in [6.45, 7) is 5.10. The van der Waals surface area contributed by atoms with Gasteiger partial charge in [-0.2, -0.15) is 28.5 Å². The van der Waals surface area contributed by atoms with Crippen LogP contribution >= 0.6 is 0 Å². The molecule has 1 aromatic carbocycles. The maximum absolute atomic E-state index is 13.1. The quantitative estimate of drug-likeness (QED) is 0.636. The predicted molar refractivity (Wildman–Crippen MR) is 108 cm³/mol. The number of rotatable bonds is 4. The summed E-state index contributed by atoms with van der Waals surface area (Å²) in [6.07, 6.45) is -3.86. The van der Waals surface area contributed by atoms with Crippen LogP contribution in [0.15, 0.2) is 30.3 Å². The van der Waals surface area contributed by atoms with Crippen molar-refractivity contribution in [1.29, 1.82) is 5.26 Å². The minimum Gasteiger partial charge on any atom is -0.340 e. The number of nitrogens with zero attached hydrogens (tertiary/aromatic N) is 6. The lowest BCUT2D eigenvalue weighted by Gasteiger charge is -2.27. The van der Waals surface area contributed by atoms with Crippen LogP contribution in [0.5, 0.6) is 0 Å². The zero-order valence-corrected chi connectivity index (χ0v) is 17.0. The lowest BCUT2D eigenvalue weighted by molar-refractivity contribution is -0.137. The van der Waals surface area contributed by atoms with E-state index >= 15 is 0 Å². The Hall–Kier alpha value is -3.45. The number of aryl methyl sites for hydroxylation is 2. The van der Waals surface area contributed by atoms with Gasteiger partial charge in [-0.15, -0.1) is 0 Å². The molecular formula is C21H20F3N7. The highest BCUT2D eigenvalue weighted by Gasteiger charge is 2.30. The fourth-order valence-corrected chi connectivity index (χ4v) is 3.65. The number of hydrogen-bond donors (Lipinski definition) is 1. The number of fused-ring (bicyclic) bond motifs is 1.